The summed E-state index contributed by atoms with van der Waals surface area (Å²) in [7, 11) is 1.40. The summed E-state index contributed by atoms with van der Waals surface area (Å²) < 4.78 is 17.5. The van der Waals surface area contributed by atoms with Crippen LogP contribution in [0.2, 0.25) is 0 Å². The highest BCUT2D eigenvalue weighted by atomic mass is 16.7. The second kappa shape index (κ2) is 11.7. The maximum atomic E-state index is 11.3. The van der Waals surface area contributed by atoms with Crippen LogP contribution in [0.5, 0.6) is 0 Å². The lowest BCUT2D eigenvalue weighted by atomic mass is 9.82. The number of methoxy groups -OCH3 is 1. The van der Waals surface area contributed by atoms with Crippen LogP contribution in [0.15, 0.2) is 60.9 Å². The van der Waals surface area contributed by atoms with E-state index in [1.807, 2.05) is 48.7 Å². The van der Waals surface area contributed by atoms with E-state index in [0.717, 1.165) is 17.5 Å². The molecule has 0 amide bonds. The molecule has 3 rings (SSSR count). The minimum Gasteiger partial charge on any atom is -0.469 e. The topological polar surface area (TPSA) is 81.4 Å². The number of hydrogen-bond donors (Lipinski definition) is 0. The number of carbonyl (C=O) groups excluding carboxylic acids is 1. The number of nitriles is 1. The SMILES string of the molecule is COC(=O)CC/C=C\C[C@@H]1CO[C@H](C(C)(C)Cc2ccccc2C#N)O[C@@H]1c1cccnc1. The lowest BCUT2D eigenvalue weighted by Crippen LogP contribution is -2.44. The zero-order valence-electron chi connectivity index (χ0n) is 19.6. The number of nitrogens with zero attached hydrogens (tertiary/aromatic N) is 2. The molecule has 33 heavy (non-hydrogen) atoms. The van der Waals surface area contributed by atoms with Crippen LogP contribution in [0, 0.1) is 22.7 Å². The first-order valence-electron chi connectivity index (χ1n) is 11.3. The molecule has 2 aromatic rings. The Morgan fingerprint density at radius 2 is 2.09 bits per heavy atom. The van der Waals surface area contributed by atoms with Gasteiger partial charge in [0.1, 0.15) is 0 Å². The molecule has 1 aliphatic heterocycles. The first-order chi connectivity index (χ1) is 15.9. The largest absolute Gasteiger partial charge is 0.469 e. The van der Waals surface area contributed by atoms with Gasteiger partial charge in [-0.2, -0.15) is 5.26 Å². The van der Waals surface area contributed by atoms with Crippen LogP contribution in [0.4, 0.5) is 0 Å². The number of rotatable bonds is 9. The van der Waals surface area contributed by atoms with E-state index in [0.29, 0.717) is 31.4 Å². The standard InChI is InChI=1S/C27H32N2O4/c1-27(2,16-20-10-7-8-11-21(20)17-28)26-32-19-23(12-5-4-6-14-24(30)31-3)25(33-26)22-13-9-15-29-18-22/h4-5,7-11,13,15,18,23,25-26H,6,12,14,16,19H2,1-3H3/b5-4-/t23-,25-,26+/m1/s1. The number of ether oxygens (including phenoxy) is 3. The predicted octanol–water partition coefficient (Wildman–Crippen LogP) is 5.15. The summed E-state index contributed by atoms with van der Waals surface area (Å²) in [5, 5.41) is 9.46. The molecule has 3 atom stereocenters. The van der Waals surface area contributed by atoms with E-state index in [1.54, 1.807) is 6.20 Å². The molecule has 0 radical (unpaired) electrons. The Balaban J connectivity index is 1.71. The summed E-state index contributed by atoms with van der Waals surface area (Å²) in [6.07, 6.45) is 9.56. The van der Waals surface area contributed by atoms with Crippen LogP contribution < -0.4 is 0 Å². The molecule has 0 aliphatic carbocycles. The molecule has 0 spiro atoms. The average Bonchev–Trinajstić information content (AvgIpc) is 2.84. The van der Waals surface area contributed by atoms with Gasteiger partial charge in [-0.1, -0.05) is 50.3 Å². The van der Waals surface area contributed by atoms with Gasteiger partial charge in [0.25, 0.3) is 0 Å². The van der Waals surface area contributed by atoms with Crippen molar-refractivity contribution in [2.75, 3.05) is 13.7 Å². The third-order valence-electron chi connectivity index (χ3n) is 5.94. The summed E-state index contributed by atoms with van der Waals surface area (Å²) in [6, 6.07) is 13.9. The van der Waals surface area contributed by atoms with Crippen LogP contribution in [0.1, 0.15) is 55.9 Å². The molecule has 1 fully saturated rings. The van der Waals surface area contributed by atoms with Gasteiger partial charge in [-0.3, -0.25) is 9.78 Å². The van der Waals surface area contributed by atoms with Gasteiger partial charge in [-0.05, 0) is 42.5 Å². The number of carbonyl (C=O) groups is 1. The van der Waals surface area contributed by atoms with Crippen molar-refractivity contribution in [3.05, 3.63) is 77.6 Å². The fraction of sp³-hybridized carbons (Fsp3) is 0.444. The molecule has 1 aromatic carbocycles. The quantitative estimate of drug-likeness (QED) is 0.390. The van der Waals surface area contributed by atoms with Crippen molar-refractivity contribution in [2.24, 2.45) is 11.3 Å². The van der Waals surface area contributed by atoms with Crippen LogP contribution >= 0.6 is 0 Å². The molecule has 1 saturated heterocycles. The Morgan fingerprint density at radius 1 is 1.27 bits per heavy atom. The normalized spacial score (nSPS) is 21.0. The molecular weight excluding hydrogens is 416 g/mol. The molecule has 174 valence electrons. The number of hydrogen-bond acceptors (Lipinski definition) is 6. The molecule has 1 aliphatic rings. The second-order valence-electron chi connectivity index (χ2n) is 9.02. The van der Waals surface area contributed by atoms with E-state index < -0.39 is 6.29 Å². The third kappa shape index (κ3) is 6.74. The van der Waals surface area contributed by atoms with Crippen LogP contribution in [-0.2, 0) is 25.4 Å². The first kappa shape index (κ1) is 24.6. The minimum atomic E-state index is -0.422. The zero-order valence-corrected chi connectivity index (χ0v) is 19.6. The highest BCUT2D eigenvalue weighted by molar-refractivity contribution is 5.69. The third-order valence-corrected chi connectivity index (χ3v) is 5.94. The molecule has 1 aromatic heterocycles. The Labute approximate surface area is 196 Å². The lowest BCUT2D eigenvalue weighted by molar-refractivity contribution is -0.278. The maximum absolute atomic E-state index is 11.3. The van der Waals surface area contributed by atoms with Crippen molar-refractivity contribution in [1.29, 1.82) is 5.26 Å². The van der Waals surface area contributed by atoms with E-state index in [-0.39, 0.29) is 23.4 Å². The molecule has 2 heterocycles. The van der Waals surface area contributed by atoms with E-state index in [1.165, 1.54) is 7.11 Å². The van der Waals surface area contributed by atoms with E-state index in [4.69, 9.17) is 9.47 Å². The van der Waals surface area contributed by atoms with Gasteiger partial charge in [0.2, 0.25) is 0 Å². The first-order valence-corrected chi connectivity index (χ1v) is 11.3. The molecule has 0 saturated carbocycles. The molecular formula is C27H32N2O4. The maximum Gasteiger partial charge on any atom is 0.305 e. The fourth-order valence-corrected chi connectivity index (χ4v) is 4.13. The van der Waals surface area contributed by atoms with Gasteiger partial charge in [0, 0.05) is 30.1 Å². The summed E-state index contributed by atoms with van der Waals surface area (Å²) >= 11 is 0. The smallest absolute Gasteiger partial charge is 0.305 e. The van der Waals surface area contributed by atoms with Gasteiger partial charge < -0.3 is 14.2 Å². The van der Waals surface area contributed by atoms with Gasteiger partial charge in [-0.15, -0.1) is 0 Å². The van der Waals surface area contributed by atoms with Crippen LogP contribution in [0.3, 0.4) is 0 Å². The molecule has 6 nitrogen and oxygen atoms in total. The van der Waals surface area contributed by atoms with Crippen molar-refractivity contribution < 1.29 is 19.0 Å². The number of esters is 1. The van der Waals surface area contributed by atoms with Gasteiger partial charge >= 0.3 is 5.97 Å². The predicted molar refractivity (Wildman–Crippen MR) is 125 cm³/mol. The number of allylic oxidation sites excluding steroid dienone is 2. The molecule has 6 heteroatoms. The second-order valence-corrected chi connectivity index (χ2v) is 9.02. The summed E-state index contributed by atoms with van der Waals surface area (Å²) in [6.45, 7) is 4.77. The molecule has 0 bridgehead atoms. The van der Waals surface area contributed by atoms with Crippen molar-refractivity contribution in [3.63, 3.8) is 0 Å². The monoisotopic (exact) mass is 448 g/mol. The Bertz CT molecular complexity index is 981. The Morgan fingerprint density at radius 3 is 2.82 bits per heavy atom. The molecule has 0 N–H and O–H groups in total. The van der Waals surface area contributed by atoms with Gasteiger partial charge in [0.05, 0.1) is 31.5 Å². The van der Waals surface area contributed by atoms with E-state index >= 15 is 0 Å². The Hall–Kier alpha value is -3.01. The Kier molecular flexibility index (Phi) is 8.76. The van der Waals surface area contributed by atoms with E-state index in [9.17, 15) is 10.1 Å². The van der Waals surface area contributed by atoms with E-state index in [2.05, 4.69) is 35.7 Å². The fourth-order valence-electron chi connectivity index (χ4n) is 4.13. The van der Waals surface area contributed by atoms with Gasteiger partial charge in [-0.25, -0.2) is 0 Å². The van der Waals surface area contributed by atoms with Crippen molar-refractivity contribution in [3.8, 4) is 6.07 Å². The van der Waals surface area contributed by atoms with Crippen molar-refractivity contribution in [1.82, 2.24) is 4.98 Å². The summed E-state index contributed by atoms with van der Waals surface area (Å²) in [5.74, 6) is -0.0812. The van der Waals surface area contributed by atoms with Crippen molar-refractivity contribution in [2.45, 2.75) is 51.9 Å². The van der Waals surface area contributed by atoms with Gasteiger partial charge in [0.15, 0.2) is 6.29 Å². The number of aromatic nitrogens is 1. The number of pyridine rings is 1. The minimum absolute atomic E-state index is 0.127. The average molecular weight is 449 g/mol. The highest BCUT2D eigenvalue weighted by Gasteiger charge is 2.40. The molecule has 0 unspecified atom stereocenters. The summed E-state index contributed by atoms with van der Waals surface area (Å²) in [5.41, 5.74) is 2.35. The summed E-state index contributed by atoms with van der Waals surface area (Å²) in [4.78, 5) is 15.6. The highest BCUT2D eigenvalue weighted by Crippen LogP contribution is 2.41. The van der Waals surface area contributed by atoms with Crippen molar-refractivity contribution >= 4 is 5.97 Å². The lowest BCUT2D eigenvalue weighted by Gasteiger charge is -2.43. The van der Waals surface area contributed by atoms with Crippen LogP contribution in [-0.4, -0.2) is 31.0 Å². The van der Waals surface area contributed by atoms with Crippen LogP contribution in [0.25, 0.3) is 0 Å². The zero-order chi connectivity index (χ0) is 23.7. The number of benzene rings is 1.